The van der Waals surface area contributed by atoms with Gasteiger partial charge in [-0.2, -0.15) is 12.1 Å². The maximum atomic E-state index is 9.28. The Morgan fingerprint density at radius 3 is 2.14 bits per heavy atom. The van der Waals surface area contributed by atoms with Gasteiger partial charge in [-0.25, -0.2) is 4.98 Å². The third-order valence-electron chi connectivity index (χ3n) is 12.5. The molecular formula is C65H57N4OPt-3. The first-order valence-electron chi connectivity index (χ1n) is 29.3. The molecule has 0 fully saturated rings. The number of ether oxygens (including phenoxy) is 1. The predicted molar refractivity (Wildman–Crippen MR) is 292 cm³/mol. The number of rotatable bonds is 9. The van der Waals surface area contributed by atoms with Gasteiger partial charge >= 0.3 is 0 Å². The predicted octanol–water partition coefficient (Wildman–Crippen LogP) is 17.5. The number of aryl methyl sites for hydroxylation is 2. The van der Waals surface area contributed by atoms with Crippen LogP contribution in [0.4, 0.5) is 22.7 Å². The van der Waals surface area contributed by atoms with E-state index in [0.29, 0.717) is 78.2 Å². The minimum Gasteiger partial charge on any atom is -0.509 e. The summed E-state index contributed by atoms with van der Waals surface area (Å²) < 4.78 is 114. The Labute approximate surface area is 450 Å². The summed E-state index contributed by atoms with van der Waals surface area (Å²) in [5.41, 5.74) is 7.15. The third kappa shape index (κ3) is 9.21. The molecule has 0 saturated heterocycles. The molecule has 71 heavy (non-hydrogen) atoms. The maximum Gasteiger partial charge on any atom is 0.135 e. The van der Waals surface area contributed by atoms with Crippen LogP contribution in [-0.4, -0.2) is 9.55 Å². The molecule has 5 nitrogen and oxygen atoms in total. The molecular weight excluding hydrogens is 1050 g/mol. The molecule has 6 heteroatoms. The first kappa shape index (κ1) is 35.0. The molecule has 1 aliphatic heterocycles. The number of anilines is 4. The summed E-state index contributed by atoms with van der Waals surface area (Å²) in [4.78, 5) is 8.76. The minimum absolute atomic E-state index is 0. The summed E-state index contributed by atoms with van der Waals surface area (Å²) in [5, 5.41) is 0.871. The first-order chi connectivity index (χ1) is 38.6. The van der Waals surface area contributed by atoms with Crippen LogP contribution in [-0.2, 0) is 32.9 Å². The van der Waals surface area contributed by atoms with Gasteiger partial charge in [0.2, 0.25) is 0 Å². The Morgan fingerprint density at radius 1 is 0.634 bits per heavy atom. The Hall–Kier alpha value is -7.20. The number of hydrogen-bond acceptors (Lipinski definition) is 4. The van der Waals surface area contributed by atoms with Gasteiger partial charge in [-0.15, -0.1) is 48.1 Å². The van der Waals surface area contributed by atoms with Gasteiger partial charge in [-0.3, -0.25) is 0 Å². The van der Waals surface area contributed by atoms with Gasteiger partial charge in [0.1, 0.15) is 5.82 Å². The van der Waals surface area contributed by atoms with Gasteiger partial charge in [0.15, 0.2) is 0 Å². The van der Waals surface area contributed by atoms with Crippen molar-refractivity contribution in [1.82, 2.24) is 9.55 Å². The van der Waals surface area contributed by atoms with Crippen LogP contribution in [0.25, 0.3) is 61.0 Å². The standard InChI is InChI=1S/C65H57N4O.Pt/c1-43-18-9-10-23-52(43)47-30-33-53(44(2)36-47)57-26-17-25-54(46-20-15-19-45(37-46)40-64(3,4)5)63(57)68-42-67(59-28-13-14-29-60(59)68)49-21-16-22-50(38-49)70-51-32-34-56-55-24-11-12-27-58(55)69(61(56)39-51)62-35-31-48(41-66-62)65(6,7)8;/h9-37,41-42H,40H2,1-8H3;/q-3;/i1D3,2D3,11D,12D,24D,27D,40D2;. The van der Waals surface area contributed by atoms with E-state index < -0.39 is 25.5 Å². The molecule has 0 atom stereocenters. The van der Waals surface area contributed by atoms with Crippen LogP contribution in [0, 0.1) is 37.9 Å². The van der Waals surface area contributed by atoms with Crippen molar-refractivity contribution in [2.45, 2.75) is 67.0 Å². The Kier molecular flexibility index (Phi) is 9.29. The number of fused-ring (bicyclic) bond motifs is 4. The van der Waals surface area contributed by atoms with E-state index in [-0.39, 0.29) is 73.0 Å². The molecule has 8 aromatic carbocycles. The molecule has 0 amide bonds. The van der Waals surface area contributed by atoms with E-state index >= 15 is 0 Å². The van der Waals surface area contributed by atoms with Crippen molar-refractivity contribution in [2.75, 3.05) is 9.80 Å². The molecule has 0 bridgehead atoms. The van der Waals surface area contributed by atoms with Crippen molar-refractivity contribution in [3.63, 3.8) is 0 Å². The fourth-order valence-electron chi connectivity index (χ4n) is 9.24. The van der Waals surface area contributed by atoms with E-state index in [1.54, 1.807) is 71.4 Å². The van der Waals surface area contributed by atoms with Crippen molar-refractivity contribution in [3.05, 3.63) is 223 Å². The first-order valence-corrected chi connectivity index (χ1v) is 23.3. The maximum absolute atomic E-state index is 9.28. The summed E-state index contributed by atoms with van der Waals surface area (Å²) in [5.74, 6) is 1.05. The van der Waals surface area contributed by atoms with Crippen molar-refractivity contribution < 1.29 is 42.3 Å². The normalized spacial score (nSPS) is 15.6. The zero-order valence-corrected chi connectivity index (χ0v) is 42.4. The van der Waals surface area contributed by atoms with Gasteiger partial charge in [0, 0.05) is 83.4 Å². The van der Waals surface area contributed by atoms with E-state index in [0.717, 1.165) is 16.9 Å². The third-order valence-corrected chi connectivity index (χ3v) is 12.5. The van der Waals surface area contributed by atoms with E-state index in [1.165, 1.54) is 6.07 Å². The second-order valence-electron chi connectivity index (χ2n) is 19.6. The number of benzene rings is 8. The van der Waals surface area contributed by atoms with Crippen molar-refractivity contribution in [3.8, 4) is 50.7 Å². The molecule has 3 heterocycles. The van der Waals surface area contributed by atoms with Crippen LogP contribution in [0.5, 0.6) is 11.5 Å². The molecule has 0 radical (unpaired) electrons. The molecule has 1 aliphatic rings. The van der Waals surface area contributed by atoms with Crippen LogP contribution in [0.15, 0.2) is 182 Å². The topological polar surface area (TPSA) is 33.5 Å². The van der Waals surface area contributed by atoms with Crippen LogP contribution >= 0.6 is 0 Å². The number of hydrogen-bond donors (Lipinski definition) is 0. The van der Waals surface area contributed by atoms with Gasteiger partial charge in [-0.1, -0.05) is 168 Å². The van der Waals surface area contributed by atoms with Crippen LogP contribution < -0.4 is 14.5 Å². The molecule has 0 saturated carbocycles. The quantitative estimate of drug-likeness (QED) is 0.135. The monoisotopic (exact) mass is 1120 g/mol. The van der Waals surface area contributed by atoms with Gasteiger partial charge in [-0.05, 0) is 105 Å². The Morgan fingerprint density at radius 2 is 1.35 bits per heavy atom. The van der Waals surface area contributed by atoms with Crippen molar-refractivity contribution >= 4 is 44.6 Å². The number of para-hydroxylation sites is 4. The SMILES string of the molecule is [2H]c1c([2H])c([2H])c2c(c1[2H])c1ccc(Oc3[c-]c(N4[CH-]N(c5c(-c6cccc(C([2H])([2H])C(C)(C)C)c6)cccc5-c5ccc(-c6ccccc6C([2H])([2H])[2H])cc5C([2H])([2H])[2H])c5ccccc54)ccc3)[c-]c1n2-c1ccc(C(C)(C)C)cn1.[Pt]. The minimum atomic E-state index is -2.66. The summed E-state index contributed by atoms with van der Waals surface area (Å²) in [6, 6.07) is 51.0. The number of aromatic nitrogens is 2. The largest absolute Gasteiger partial charge is 0.509 e. The van der Waals surface area contributed by atoms with Crippen LogP contribution in [0.1, 0.15) is 80.2 Å². The Balaban J connectivity index is 0.00000769. The molecule has 11 rings (SSSR count). The number of pyridine rings is 1. The molecule has 0 N–H and O–H groups in total. The molecule has 10 aromatic rings. The fraction of sp³-hybridized carbons (Fsp3) is 0.169. The van der Waals surface area contributed by atoms with Crippen molar-refractivity contribution in [1.29, 1.82) is 0 Å². The average molecular weight is 1120 g/mol. The van der Waals surface area contributed by atoms with Gasteiger partial charge < -0.3 is 19.1 Å². The van der Waals surface area contributed by atoms with Crippen LogP contribution in [0.3, 0.4) is 0 Å². The van der Waals surface area contributed by atoms with Gasteiger partial charge in [0.05, 0.1) is 5.48 Å². The number of nitrogens with zero attached hydrogens (tertiary/aromatic N) is 4. The zero-order chi connectivity index (χ0) is 58.6. The molecule has 0 unspecified atom stereocenters. The molecule has 0 spiro atoms. The summed E-state index contributed by atoms with van der Waals surface area (Å²) >= 11 is 0. The smallest absolute Gasteiger partial charge is 0.135 e. The van der Waals surface area contributed by atoms with Crippen LogP contribution in [0.2, 0.25) is 0 Å². The van der Waals surface area contributed by atoms with Gasteiger partial charge in [0.25, 0.3) is 0 Å². The van der Waals surface area contributed by atoms with Crippen molar-refractivity contribution in [2.24, 2.45) is 5.41 Å². The second kappa shape index (κ2) is 18.8. The summed E-state index contributed by atoms with van der Waals surface area (Å²) in [7, 11) is 0. The zero-order valence-electron chi connectivity index (χ0n) is 52.1. The fourth-order valence-corrected chi connectivity index (χ4v) is 9.24. The second-order valence-corrected chi connectivity index (χ2v) is 19.6. The average Bonchev–Trinajstić information content (AvgIpc) is 1.95. The molecule has 356 valence electrons. The van der Waals surface area contributed by atoms with E-state index in [1.807, 2.05) is 122 Å². The Bertz CT molecular complexity index is 4160. The van der Waals surface area contributed by atoms with E-state index in [4.69, 9.17) is 23.4 Å². The van der Waals surface area contributed by atoms with E-state index in [9.17, 15) is 2.74 Å². The summed E-state index contributed by atoms with van der Waals surface area (Å²) in [6.45, 7) is 8.63. The van der Waals surface area contributed by atoms with E-state index in [2.05, 4.69) is 32.9 Å². The molecule has 0 aliphatic carbocycles. The summed E-state index contributed by atoms with van der Waals surface area (Å²) in [6.07, 6.45) is 0.0350. The molecule has 2 aromatic heterocycles.